The van der Waals surface area contributed by atoms with Gasteiger partial charge in [0.15, 0.2) is 0 Å². The lowest BCUT2D eigenvalue weighted by atomic mass is 9.92. The highest BCUT2D eigenvalue weighted by molar-refractivity contribution is 5.78. The van der Waals surface area contributed by atoms with Crippen molar-refractivity contribution in [2.45, 2.75) is 85.0 Å². The number of rotatable bonds is 11. The van der Waals surface area contributed by atoms with Gasteiger partial charge in [0, 0.05) is 12.8 Å². The van der Waals surface area contributed by atoms with Gasteiger partial charge in [0.2, 0.25) is 0 Å². The third kappa shape index (κ3) is 8.94. The van der Waals surface area contributed by atoms with Crippen LogP contribution in [0, 0.1) is 5.92 Å². The van der Waals surface area contributed by atoms with Crippen molar-refractivity contribution < 1.29 is 4.79 Å². The zero-order valence-electron chi connectivity index (χ0n) is 11.6. The molecule has 0 bridgehead atoms. The van der Waals surface area contributed by atoms with E-state index in [0.717, 1.165) is 19.3 Å². The second kappa shape index (κ2) is 11.2. The summed E-state index contributed by atoms with van der Waals surface area (Å²) in [7, 11) is 0. The minimum Gasteiger partial charge on any atom is -0.300 e. The molecule has 0 aromatic rings. The molecule has 0 N–H and O–H groups in total. The quantitative estimate of drug-likeness (QED) is 0.446. The van der Waals surface area contributed by atoms with E-state index < -0.39 is 0 Å². The number of unbranched alkanes of at least 4 members (excludes halogenated alkanes) is 4. The van der Waals surface area contributed by atoms with Gasteiger partial charge in [-0.1, -0.05) is 65.7 Å². The summed E-state index contributed by atoms with van der Waals surface area (Å²) in [6, 6.07) is 0. The van der Waals surface area contributed by atoms with Gasteiger partial charge in [-0.05, 0) is 12.3 Å². The normalized spacial score (nSPS) is 12.7. The van der Waals surface area contributed by atoms with E-state index in [1.807, 2.05) is 0 Å². The van der Waals surface area contributed by atoms with E-state index in [-0.39, 0.29) is 0 Å². The lowest BCUT2D eigenvalue weighted by Crippen LogP contribution is -2.07. The molecule has 0 aliphatic heterocycles. The largest absolute Gasteiger partial charge is 0.300 e. The molecule has 1 atom stereocenters. The highest BCUT2D eigenvalue weighted by atomic mass is 16.1. The fourth-order valence-electron chi connectivity index (χ4n) is 2.12. The topological polar surface area (TPSA) is 17.1 Å². The number of hydrogen-bond donors (Lipinski definition) is 0. The van der Waals surface area contributed by atoms with Crippen LogP contribution < -0.4 is 0 Å². The van der Waals surface area contributed by atoms with Crippen molar-refractivity contribution in [2.24, 2.45) is 5.92 Å². The first-order chi connectivity index (χ1) is 7.74. The van der Waals surface area contributed by atoms with Crippen LogP contribution in [0.4, 0.5) is 0 Å². The Bertz CT molecular complexity index is 163. The maximum absolute atomic E-state index is 11.7. The molecule has 0 aromatic heterocycles. The maximum atomic E-state index is 11.7. The molecule has 0 saturated heterocycles. The SMILES string of the molecule is CCCCCCC(=O)CC(CC)CCCC. The number of carbonyl (C=O) groups is 1. The minimum atomic E-state index is 0.499. The van der Waals surface area contributed by atoms with Crippen molar-refractivity contribution >= 4 is 5.78 Å². The average molecular weight is 226 g/mol. The Balaban J connectivity index is 3.57. The molecule has 0 fully saturated rings. The third-order valence-electron chi connectivity index (χ3n) is 3.37. The summed E-state index contributed by atoms with van der Waals surface area (Å²) in [4.78, 5) is 11.7. The van der Waals surface area contributed by atoms with Crippen molar-refractivity contribution in [1.82, 2.24) is 0 Å². The summed E-state index contributed by atoms with van der Waals surface area (Å²) < 4.78 is 0. The number of carbonyl (C=O) groups excluding carboxylic acids is 1. The second-order valence-electron chi connectivity index (χ2n) is 4.97. The van der Waals surface area contributed by atoms with Crippen LogP contribution in [0.3, 0.4) is 0 Å². The molecule has 16 heavy (non-hydrogen) atoms. The van der Waals surface area contributed by atoms with Crippen molar-refractivity contribution in [3.05, 3.63) is 0 Å². The number of hydrogen-bond acceptors (Lipinski definition) is 1. The van der Waals surface area contributed by atoms with Crippen LogP contribution in [0.1, 0.15) is 85.0 Å². The van der Waals surface area contributed by atoms with Crippen LogP contribution in [0.25, 0.3) is 0 Å². The van der Waals surface area contributed by atoms with Gasteiger partial charge >= 0.3 is 0 Å². The van der Waals surface area contributed by atoms with Crippen molar-refractivity contribution in [2.75, 3.05) is 0 Å². The lowest BCUT2D eigenvalue weighted by molar-refractivity contribution is -0.120. The molecule has 0 amide bonds. The summed E-state index contributed by atoms with van der Waals surface area (Å²) in [5, 5.41) is 0. The van der Waals surface area contributed by atoms with E-state index in [2.05, 4.69) is 20.8 Å². The van der Waals surface area contributed by atoms with Crippen LogP contribution in [0.15, 0.2) is 0 Å². The molecule has 96 valence electrons. The van der Waals surface area contributed by atoms with E-state index >= 15 is 0 Å². The molecule has 0 radical (unpaired) electrons. The van der Waals surface area contributed by atoms with Crippen molar-refractivity contribution in [1.29, 1.82) is 0 Å². The van der Waals surface area contributed by atoms with E-state index in [4.69, 9.17) is 0 Å². The van der Waals surface area contributed by atoms with Gasteiger partial charge < -0.3 is 0 Å². The minimum absolute atomic E-state index is 0.499. The molecule has 0 aromatic carbocycles. The maximum Gasteiger partial charge on any atom is 0.133 e. The lowest BCUT2D eigenvalue weighted by Gasteiger charge is -2.13. The first-order valence-corrected chi connectivity index (χ1v) is 7.26. The van der Waals surface area contributed by atoms with Crippen LogP contribution in [-0.2, 0) is 4.79 Å². The molecule has 0 heterocycles. The first-order valence-electron chi connectivity index (χ1n) is 7.26. The van der Waals surface area contributed by atoms with E-state index in [1.165, 1.54) is 44.9 Å². The molecular weight excluding hydrogens is 196 g/mol. The van der Waals surface area contributed by atoms with Gasteiger partial charge in [0.05, 0.1) is 0 Å². The third-order valence-corrected chi connectivity index (χ3v) is 3.37. The summed E-state index contributed by atoms with van der Waals surface area (Å²) in [6.07, 6.45) is 11.5. The van der Waals surface area contributed by atoms with Crippen molar-refractivity contribution in [3.63, 3.8) is 0 Å². The number of Topliss-reactive ketones (excluding diaryl/α,β-unsaturated/α-hetero) is 1. The molecule has 0 aliphatic carbocycles. The molecule has 0 aliphatic rings. The van der Waals surface area contributed by atoms with Crippen LogP contribution in [0.2, 0.25) is 0 Å². The Labute approximate surface area is 102 Å². The summed E-state index contributed by atoms with van der Waals surface area (Å²) in [5.74, 6) is 1.15. The molecular formula is C15H30O. The molecule has 0 saturated carbocycles. The first kappa shape index (κ1) is 15.7. The zero-order chi connectivity index (χ0) is 12.2. The Kier molecular flexibility index (Phi) is 10.9. The molecule has 1 unspecified atom stereocenters. The summed E-state index contributed by atoms with van der Waals surface area (Å²) >= 11 is 0. The predicted molar refractivity (Wildman–Crippen MR) is 71.7 cm³/mol. The van der Waals surface area contributed by atoms with Crippen molar-refractivity contribution in [3.8, 4) is 0 Å². The Hall–Kier alpha value is -0.330. The fourth-order valence-corrected chi connectivity index (χ4v) is 2.12. The molecule has 0 spiro atoms. The standard InChI is InChI=1S/C15H30O/c1-4-7-9-10-12-15(16)13-14(6-3)11-8-5-2/h14H,4-13H2,1-3H3. The Morgan fingerprint density at radius 2 is 1.62 bits per heavy atom. The monoisotopic (exact) mass is 226 g/mol. The molecule has 1 heteroatoms. The second-order valence-corrected chi connectivity index (χ2v) is 4.97. The predicted octanol–water partition coefficient (Wildman–Crippen LogP) is 5.13. The van der Waals surface area contributed by atoms with E-state index in [9.17, 15) is 4.79 Å². The molecule has 1 nitrogen and oxygen atoms in total. The zero-order valence-corrected chi connectivity index (χ0v) is 11.6. The van der Waals surface area contributed by atoms with E-state index in [1.54, 1.807) is 0 Å². The van der Waals surface area contributed by atoms with Crippen LogP contribution in [-0.4, -0.2) is 5.78 Å². The van der Waals surface area contributed by atoms with Gasteiger partial charge in [-0.2, -0.15) is 0 Å². The van der Waals surface area contributed by atoms with Gasteiger partial charge in [0.25, 0.3) is 0 Å². The van der Waals surface area contributed by atoms with Gasteiger partial charge in [-0.15, -0.1) is 0 Å². The van der Waals surface area contributed by atoms with E-state index in [0.29, 0.717) is 11.7 Å². The number of ketones is 1. The Morgan fingerprint density at radius 1 is 0.938 bits per heavy atom. The van der Waals surface area contributed by atoms with Gasteiger partial charge in [-0.25, -0.2) is 0 Å². The van der Waals surface area contributed by atoms with Gasteiger partial charge in [-0.3, -0.25) is 4.79 Å². The molecule has 0 rings (SSSR count). The highest BCUT2D eigenvalue weighted by Crippen LogP contribution is 2.18. The summed E-state index contributed by atoms with van der Waals surface area (Å²) in [6.45, 7) is 6.64. The van der Waals surface area contributed by atoms with Gasteiger partial charge in [0.1, 0.15) is 5.78 Å². The highest BCUT2D eigenvalue weighted by Gasteiger charge is 2.11. The smallest absolute Gasteiger partial charge is 0.133 e. The average Bonchev–Trinajstić information content (AvgIpc) is 2.30. The fraction of sp³-hybridized carbons (Fsp3) is 0.933. The van der Waals surface area contributed by atoms with Crippen LogP contribution >= 0.6 is 0 Å². The Morgan fingerprint density at radius 3 is 2.19 bits per heavy atom. The summed E-state index contributed by atoms with van der Waals surface area (Å²) in [5.41, 5.74) is 0. The van der Waals surface area contributed by atoms with Crippen LogP contribution in [0.5, 0.6) is 0 Å².